The van der Waals surface area contributed by atoms with Crippen LogP contribution in [0.25, 0.3) is 0 Å². The number of ether oxygens (including phenoxy) is 1. The zero-order valence-corrected chi connectivity index (χ0v) is 19.3. The molecule has 3 rings (SSSR count). The van der Waals surface area contributed by atoms with Crippen molar-refractivity contribution in [2.75, 3.05) is 6.61 Å². The summed E-state index contributed by atoms with van der Waals surface area (Å²) in [6.07, 6.45) is 4.26. The van der Waals surface area contributed by atoms with Gasteiger partial charge in [0.1, 0.15) is 11.8 Å². The molecule has 2 aromatic carbocycles. The molecule has 5 nitrogen and oxygen atoms in total. The monoisotopic (exact) mass is 492 g/mol. The van der Waals surface area contributed by atoms with Crippen LogP contribution in [0.3, 0.4) is 0 Å². The molecule has 30 heavy (non-hydrogen) atoms. The highest BCUT2D eigenvalue weighted by Crippen LogP contribution is 2.28. The number of amides is 2. The zero-order valence-electron chi connectivity index (χ0n) is 16.9. The minimum atomic E-state index is -0.609. The van der Waals surface area contributed by atoms with Crippen LogP contribution in [0, 0.1) is 0 Å². The number of carbonyl (C=O) groups excluding carboxylic acids is 2. The molecule has 1 N–H and O–H groups in total. The van der Waals surface area contributed by atoms with Crippen molar-refractivity contribution in [1.29, 1.82) is 0 Å². The van der Waals surface area contributed by atoms with Crippen LogP contribution in [0.4, 0.5) is 0 Å². The Hall–Kier alpha value is -2.05. The second kappa shape index (κ2) is 10.8. The van der Waals surface area contributed by atoms with Crippen LogP contribution in [0.2, 0.25) is 5.02 Å². The van der Waals surface area contributed by atoms with Crippen LogP contribution >= 0.6 is 27.5 Å². The minimum Gasteiger partial charge on any atom is -0.482 e. The van der Waals surface area contributed by atoms with Crippen LogP contribution in [0.1, 0.15) is 38.2 Å². The summed E-state index contributed by atoms with van der Waals surface area (Å²) >= 11 is 9.53. The fourth-order valence-electron chi connectivity index (χ4n) is 3.57. The van der Waals surface area contributed by atoms with Crippen molar-refractivity contribution in [2.45, 2.75) is 51.2 Å². The molecular formula is C23H26BrClN2O3. The summed E-state index contributed by atoms with van der Waals surface area (Å²) in [5, 5.41) is 3.50. The lowest BCUT2D eigenvalue weighted by Crippen LogP contribution is -2.50. The molecule has 1 aliphatic rings. The SMILES string of the molecule is C[C@H](C(=O)NC1CCCC1)N(Cc1ccccc1)C(=O)COc1ccc(Br)cc1Cl. The van der Waals surface area contributed by atoms with Crippen molar-refractivity contribution in [1.82, 2.24) is 10.2 Å². The number of carbonyl (C=O) groups is 2. The van der Waals surface area contributed by atoms with Gasteiger partial charge < -0.3 is 15.0 Å². The average Bonchev–Trinajstić information content (AvgIpc) is 3.24. The predicted molar refractivity (Wildman–Crippen MR) is 121 cm³/mol. The van der Waals surface area contributed by atoms with Gasteiger partial charge in [0, 0.05) is 17.1 Å². The number of hydrogen-bond donors (Lipinski definition) is 1. The molecule has 0 aromatic heterocycles. The highest BCUT2D eigenvalue weighted by Gasteiger charge is 2.28. The standard InChI is InChI=1S/C23H26BrClN2O3/c1-16(23(29)26-19-9-5-6-10-19)27(14-17-7-3-2-4-8-17)22(28)15-30-21-12-11-18(24)13-20(21)25/h2-4,7-8,11-13,16,19H,5-6,9-10,14-15H2,1H3,(H,26,29)/t16-/m1/s1. The number of halogens is 2. The van der Waals surface area contributed by atoms with E-state index in [-0.39, 0.29) is 24.5 Å². The third-order valence-corrected chi connectivity index (χ3v) is 6.10. The minimum absolute atomic E-state index is 0.132. The van der Waals surface area contributed by atoms with Crippen molar-refractivity contribution < 1.29 is 14.3 Å². The first kappa shape index (κ1) is 22.6. The summed E-state index contributed by atoms with van der Waals surface area (Å²) in [4.78, 5) is 27.4. The van der Waals surface area contributed by atoms with Gasteiger partial charge in [-0.25, -0.2) is 0 Å². The van der Waals surface area contributed by atoms with Crippen LogP contribution in [-0.2, 0) is 16.1 Å². The predicted octanol–water partition coefficient (Wildman–Crippen LogP) is 4.96. The molecule has 1 atom stereocenters. The Morgan fingerprint density at radius 2 is 1.90 bits per heavy atom. The molecule has 1 aliphatic carbocycles. The first-order valence-electron chi connectivity index (χ1n) is 10.2. The Morgan fingerprint density at radius 3 is 2.57 bits per heavy atom. The molecule has 0 heterocycles. The number of benzene rings is 2. The largest absolute Gasteiger partial charge is 0.482 e. The number of hydrogen-bond acceptors (Lipinski definition) is 3. The van der Waals surface area contributed by atoms with E-state index >= 15 is 0 Å². The molecule has 0 aliphatic heterocycles. The van der Waals surface area contributed by atoms with Gasteiger partial charge in [-0.1, -0.05) is 70.7 Å². The second-order valence-electron chi connectivity index (χ2n) is 7.54. The fourth-order valence-corrected chi connectivity index (χ4v) is 4.30. The van der Waals surface area contributed by atoms with E-state index in [2.05, 4.69) is 21.2 Å². The van der Waals surface area contributed by atoms with Crippen molar-refractivity contribution >= 4 is 39.3 Å². The van der Waals surface area contributed by atoms with Crippen LogP contribution in [-0.4, -0.2) is 35.4 Å². The van der Waals surface area contributed by atoms with Gasteiger partial charge in [-0.2, -0.15) is 0 Å². The van der Waals surface area contributed by atoms with Crippen molar-refractivity contribution in [3.05, 3.63) is 63.6 Å². The highest BCUT2D eigenvalue weighted by atomic mass is 79.9. The molecule has 0 spiro atoms. The van der Waals surface area contributed by atoms with Crippen LogP contribution in [0.15, 0.2) is 53.0 Å². The van der Waals surface area contributed by atoms with E-state index in [0.29, 0.717) is 17.3 Å². The van der Waals surface area contributed by atoms with Gasteiger partial charge in [0.25, 0.3) is 5.91 Å². The summed E-state index contributed by atoms with van der Waals surface area (Å²) < 4.78 is 6.49. The molecule has 160 valence electrons. The third-order valence-electron chi connectivity index (χ3n) is 5.31. The molecule has 0 radical (unpaired) electrons. The quantitative estimate of drug-likeness (QED) is 0.566. The topological polar surface area (TPSA) is 58.6 Å². The lowest BCUT2D eigenvalue weighted by Gasteiger charge is -2.29. The summed E-state index contributed by atoms with van der Waals surface area (Å²) in [7, 11) is 0. The summed E-state index contributed by atoms with van der Waals surface area (Å²) in [6, 6.07) is 14.4. The average molecular weight is 494 g/mol. The van der Waals surface area contributed by atoms with E-state index in [1.807, 2.05) is 30.3 Å². The maximum Gasteiger partial charge on any atom is 0.261 e. The van der Waals surface area contributed by atoms with Gasteiger partial charge in [0.05, 0.1) is 5.02 Å². The molecule has 0 saturated heterocycles. The summed E-state index contributed by atoms with van der Waals surface area (Å²) in [5.41, 5.74) is 0.952. The van der Waals surface area contributed by atoms with Crippen molar-refractivity contribution in [2.24, 2.45) is 0 Å². The third kappa shape index (κ3) is 6.22. The van der Waals surface area contributed by atoms with Gasteiger partial charge in [0.2, 0.25) is 5.91 Å². The van der Waals surface area contributed by atoms with Gasteiger partial charge in [-0.05, 0) is 43.5 Å². The second-order valence-corrected chi connectivity index (χ2v) is 8.86. The molecular weight excluding hydrogens is 468 g/mol. The lowest BCUT2D eigenvalue weighted by molar-refractivity contribution is -0.142. The van der Waals surface area contributed by atoms with Gasteiger partial charge in [-0.15, -0.1) is 0 Å². The van der Waals surface area contributed by atoms with Crippen molar-refractivity contribution in [3.63, 3.8) is 0 Å². The lowest BCUT2D eigenvalue weighted by atomic mass is 10.1. The molecule has 1 fully saturated rings. The smallest absolute Gasteiger partial charge is 0.261 e. The zero-order chi connectivity index (χ0) is 21.5. The van der Waals surface area contributed by atoms with E-state index in [1.165, 1.54) is 0 Å². The fraction of sp³-hybridized carbons (Fsp3) is 0.391. The molecule has 0 bridgehead atoms. The molecule has 2 amide bonds. The summed E-state index contributed by atoms with van der Waals surface area (Å²) in [5.74, 6) is 0.0238. The van der Waals surface area contributed by atoms with E-state index < -0.39 is 6.04 Å². The van der Waals surface area contributed by atoms with Crippen LogP contribution in [0.5, 0.6) is 5.75 Å². The maximum atomic E-state index is 13.1. The Balaban J connectivity index is 1.70. The molecule has 2 aromatic rings. The number of rotatable bonds is 8. The maximum absolute atomic E-state index is 13.1. The molecule has 1 saturated carbocycles. The van der Waals surface area contributed by atoms with Crippen molar-refractivity contribution in [3.8, 4) is 5.75 Å². The Kier molecular flexibility index (Phi) is 8.16. The number of nitrogens with one attached hydrogen (secondary N) is 1. The van der Waals surface area contributed by atoms with Gasteiger partial charge >= 0.3 is 0 Å². The molecule has 7 heteroatoms. The van der Waals surface area contributed by atoms with E-state index in [0.717, 1.165) is 35.7 Å². The van der Waals surface area contributed by atoms with E-state index in [9.17, 15) is 9.59 Å². The first-order valence-corrected chi connectivity index (χ1v) is 11.3. The Morgan fingerprint density at radius 1 is 1.20 bits per heavy atom. The Bertz CT molecular complexity index is 872. The summed E-state index contributed by atoms with van der Waals surface area (Å²) in [6.45, 7) is 1.89. The van der Waals surface area contributed by atoms with Crippen LogP contribution < -0.4 is 10.1 Å². The van der Waals surface area contributed by atoms with E-state index in [4.69, 9.17) is 16.3 Å². The number of nitrogens with zero attached hydrogens (tertiary/aromatic N) is 1. The van der Waals surface area contributed by atoms with E-state index in [1.54, 1.807) is 30.0 Å². The Labute approximate surface area is 190 Å². The van der Waals surface area contributed by atoms with Gasteiger partial charge in [-0.3, -0.25) is 9.59 Å². The highest BCUT2D eigenvalue weighted by molar-refractivity contribution is 9.10. The normalized spacial score (nSPS) is 14.9. The molecule has 0 unspecified atom stereocenters. The first-order chi connectivity index (χ1) is 14.4. The van der Waals surface area contributed by atoms with Gasteiger partial charge in [0.15, 0.2) is 6.61 Å².